The number of hydrogen-bond acceptors (Lipinski definition) is 1. The van der Waals surface area contributed by atoms with Crippen LogP contribution in [0.1, 0.15) is 22.4 Å². The quantitative estimate of drug-likeness (QED) is 0.778. The molecule has 0 bridgehead atoms. The molecule has 0 unspecified atom stereocenters. The number of aliphatic imine (C=N–C) groups is 1. The first-order chi connectivity index (χ1) is 9.72. The summed E-state index contributed by atoms with van der Waals surface area (Å²) in [6, 6.07) is 16.2. The van der Waals surface area contributed by atoms with Gasteiger partial charge in [0, 0.05) is 0 Å². The van der Waals surface area contributed by atoms with E-state index >= 15 is 0 Å². The van der Waals surface area contributed by atoms with Gasteiger partial charge in [-0.2, -0.15) is 0 Å². The Morgan fingerprint density at radius 2 is 1.75 bits per heavy atom. The number of rotatable bonds is 2. The van der Waals surface area contributed by atoms with Crippen LogP contribution in [0.3, 0.4) is 0 Å². The van der Waals surface area contributed by atoms with Gasteiger partial charge in [-0.1, -0.05) is 0 Å². The zero-order chi connectivity index (χ0) is 13.9. The van der Waals surface area contributed by atoms with Crippen LogP contribution in [0.25, 0.3) is 0 Å². The van der Waals surface area contributed by atoms with Crippen LogP contribution in [0.2, 0.25) is 0 Å². The monoisotopic (exact) mass is 333 g/mol. The molecule has 1 heterocycles. The summed E-state index contributed by atoms with van der Waals surface area (Å²) in [5.74, 6) is -0.366. The van der Waals surface area contributed by atoms with Crippen molar-refractivity contribution < 1.29 is 9.18 Å². The zero-order valence-corrected chi connectivity index (χ0v) is 12.3. The maximum absolute atomic E-state index is 13.0. The summed E-state index contributed by atoms with van der Waals surface area (Å²) in [6.07, 6.45) is 0.467. The van der Waals surface area contributed by atoms with E-state index in [4.69, 9.17) is 0 Å². The standard InChI is InChI=1S/C16H12FNOSe/c17-13-8-6-12(7-9-13)16-18-15(19)10-14(20-16)11-4-2-1-3-5-11/h1-9,14H,10H2/t14-/m1/s1. The molecule has 20 heavy (non-hydrogen) atoms. The molecule has 2 nitrogen and oxygen atoms in total. The molecule has 1 atom stereocenters. The molecular formula is C16H12FNOSe. The van der Waals surface area contributed by atoms with Gasteiger partial charge in [0.2, 0.25) is 0 Å². The van der Waals surface area contributed by atoms with Crippen molar-refractivity contribution in [2.45, 2.75) is 11.2 Å². The molecule has 1 aliphatic heterocycles. The van der Waals surface area contributed by atoms with Crippen LogP contribution in [0.4, 0.5) is 4.39 Å². The van der Waals surface area contributed by atoms with Crippen LogP contribution in [0.5, 0.6) is 0 Å². The predicted molar refractivity (Wildman–Crippen MR) is 77.5 cm³/mol. The van der Waals surface area contributed by atoms with Gasteiger partial charge in [-0.15, -0.1) is 0 Å². The second-order valence-electron chi connectivity index (χ2n) is 4.54. The molecule has 0 N–H and O–H groups in total. The number of benzene rings is 2. The summed E-state index contributed by atoms with van der Waals surface area (Å²) in [4.78, 5) is 16.2. The first kappa shape index (κ1) is 13.2. The number of hydrogen-bond donors (Lipinski definition) is 0. The molecule has 0 spiro atoms. The molecule has 0 fully saturated rings. The zero-order valence-electron chi connectivity index (χ0n) is 10.6. The molecule has 0 saturated heterocycles. The fourth-order valence-electron chi connectivity index (χ4n) is 2.10. The Morgan fingerprint density at radius 3 is 2.45 bits per heavy atom. The molecule has 0 aliphatic carbocycles. The van der Waals surface area contributed by atoms with E-state index in [9.17, 15) is 9.18 Å². The molecule has 2 aromatic rings. The van der Waals surface area contributed by atoms with Gasteiger partial charge in [0.05, 0.1) is 0 Å². The van der Waals surface area contributed by atoms with Crippen LogP contribution in [0, 0.1) is 5.82 Å². The van der Waals surface area contributed by atoms with Gasteiger partial charge >= 0.3 is 122 Å². The topological polar surface area (TPSA) is 29.4 Å². The van der Waals surface area contributed by atoms with Gasteiger partial charge < -0.3 is 0 Å². The Kier molecular flexibility index (Phi) is 3.77. The molecule has 100 valence electrons. The maximum atomic E-state index is 13.0. The van der Waals surface area contributed by atoms with E-state index in [1.165, 1.54) is 17.7 Å². The molecule has 3 rings (SSSR count). The summed E-state index contributed by atoms with van der Waals surface area (Å²) >= 11 is 0.0765. The Hall–Kier alpha value is -1.77. The van der Waals surface area contributed by atoms with Gasteiger partial charge in [0.1, 0.15) is 0 Å². The fraction of sp³-hybridized carbons (Fsp3) is 0.125. The molecule has 0 aromatic heterocycles. The molecule has 0 radical (unpaired) electrons. The summed E-state index contributed by atoms with van der Waals surface area (Å²) < 4.78 is 13.8. The Morgan fingerprint density at radius 1 is 1.05 bits per heavy atom. The Labute approximate surface area is 122 Å². The minimum atomic E-state index is -0.274. The van der Waals surface area contributed by atoms with Crippen LogP contribution in [0.15, 0.2) is 59.6 Å². The number of amides is 1. The third-order valence-electron chi connectivity index (χ3n) is 3.10. The molecule has 4 heteroatoms. The van der Waals surface area contributed by atoms with E-state index in [0.29, 0.717) is 6.42 Å². The van der Waals surface area contributed by atoms with Crippen LogP contribution in [-0.4, -0.2) is 25.5 Å². The van der Waals surface area contributed by atoms with Crippen LogP contribution < -0.4 is 0 Å². The van der Waals surface area contributed by atoms with Crippen LogP contribution in [-0.2, 0) is 4.79 Å². The molecule has 1 amide bonds. The van der Waals surface area contributed by atoms with E-state index in [2.05, 4.69) is 4.99 Å². The van der Waals surface area contributed by atoms with E-state index in [0.717, 1.165) is 10.2 Å². The predicted octanol–water partition coefficient (Wildman–Crippen LogP) is 2.95. The third-order valence-corrected chi connectivity index (χ3v) is 5.77. The average Bonchev–Trinajstić information content (AvgIpc) is 2.48. The van der Waals surface area contributed by atoms with Crippen molar-refractivity contribution in [3.8, 4) is 0 Å². The molecule has 1 aliphatic rings. The Bertz CT molecular complexity index is 652. The van der Waals surface area contributed by atoms with Crippen molar-refractivity contribution in [3.63, 3.8) is 0 Å². The van der Waals surface area contributed by atoms with Crippen LogP contribution >= 0.6 is 0 Å². The van der Waals surface area contributed by atoms with Gasteiger partial charge in [-0.05, 0) is 0 Å². The minimum absolute atomic E-state index is 0.0765. The summed E-state index contributed by atoms with van der Waals surface area (Å²) in [5, 5.41) is 0. The van der Waals surface area contributed by atoms with Crippen molar-refractivity contribution in [1.82, 2.24) is 0 Å². The second-order valence-corrected chi connectivity index (χ2v) is 7.04. The van der Waals surface area contributed by atoms with Gasteiger partial charge in [-0.25, -0.2) is 0 Å². The van der Waals surface area contributed by atoms with Gasteiger partial charge in [0.15, 0.2) is 0 Å². The van der Waals surface area contributed by atoms with E-state index < -0.39 is 0 Å². The average molecular weight is 332 g/mol. The van der Waals surface area contributed by atoms with Gasteiger partial charge in [-0.3, -0.25) is 0 Å². The van der Waals surface area contributed by atoms with E-state index in [1.807, 2.05) is 30.3 Å². The molecule has 0 saturated carbocycles. The number of carbonyl (C=O) groups is 1. The SMILES string of the molecule is O=C1C[C@H](c2ccccc2)[Se]C(c2ccc(F)cc2)=N1. The summed E-state index contributed by atoms with van der Waals surface area (Å²) in [6.45, 7) is 0. The van der Waals surface area contributed by atoms with E-state index in [-0.39, 0.29) is 31.5 Å². The normalized spacial score (nSPS) is 18.8. The fourth-order valence-corrected chi connectivity index (χ4v) is 4.65. The Balaban J connectivity index is 1.89. The first-order valence-corrected chi connectivity index (χ1v) is 8.16. The van der Waals surface area contributed by atoms with Gasteiger partial charge in [0.25, 0.3) is 0 Å². The third kappa shape index (κ3) is 2.87. The number of nitrogens with zero attached hydrogens (tertiary/aromatic N) is 1. The second kappa shape index (κ2) is 5.69. The van der Waals surface area contributed by atoms with Crippen molar-refractivity contribution in [2.24, 2.45) is 4.99 Å². The molecular weight excluding hydrogens is 320 g/mol. The number of halogens is 1. The van der Waals surface area contributed by atoms with Crippen molar-refractivity contribution in [3.05, 3.63) is 71.5 Å². The van der Waals surface area contributed by atoms with Crippen molar-refractivity contribution in [1.29, 1.82) is 0 Å². The summed E-state index contributed by atoms with van der Waals surface area (Å²) in [5.41, 5.74) is 2.02. The molecule has 2 aromatic carbocycles. The number of carbonyl (C=O) groups excluding carboxylic acids is 1. The summed E-state index contributed by atoms with van der Waals surface area (Å²) in [7, 11) is 0. The van der Waals surface area contributed by atoms with Crippen molar-refractivity contribution in [2.75, 3.05) is 0 Å². The van der Waals surface area contributed by atoms with E-state index in [1.54, 1.807) is 12.1 Å². The van der Waals surface area contributed by atoms with Crippen molar-refractivity contribution >= 4 is 25.5 Å². The first-order valence-electron chi connectivity index (χ1n) is 6.31.